The molecule has 2 amide bonds. The first kappa shape index (κ1) is 23.8. The second-order valence-electron chi connectivity index (χ2n) is 9.83. The van der Waals surface area contributed by atoms with Gasteiger partial charge in [-0.1, -0.05) is 62.4 Å². The fourth-order valence-electron chi connectivity index (χ4n) is 5.01. The minimum atomic E-state index is -0.876. The van der Waals surface area contributed by atoms with E-state index in [0.29, 0.717) is 12.8 Å². The van der Waals surface area contributed by atoms with Crippen molar-refractivity contribution in [3.63, 3.8) is 0 Å². The third kappa shape index (κ3) is 4.65. The normalized spacial score (nSPS) is 17.3. The average molecular weight is 465 g/mol. The van der Waals surface area contributed by atoms with Crippen LogP contribution in [0.25, 0.3) is 11.1 Å². The van der Waals surface area contributed by atoms with Crippen molar-refractivity contribution in [2.24, 2.45) is 17.3 Å². The first-order valence-electron chi connectivity index (χ1n) is 11.9. The molecule has 0 radical (unpaired) electrons. The Bertz CT molecular complexity index is 1050. The van der Waals surface area contributed by atoms with Crippen molar-refractivity contribution < 1.29 is 24.2 Å². The topological polar surface area (TPSA) is 105 Å². The summed E-state index contributed by atoms with van der Waals surface area (Å²) in [6.07, 6.45) is 0.572. The number of amides is 2. The Balaban J connectivity index is 1.35. The van der Waals surface area contributed by atoms with E-state index < -0.39 is 29.4 Å². The maximum atomic E-state index is 12.9. The summed E-state index contributed by atoms with van der Waals surface area (Å²) < 4.78 is 5.62. The van der Waals surface area contributed by atoms with E-state index in [1.807, 2.05) is 38.1 Å². The molecule has 180 valence electrons. The van der Waals surface area contributed by atoms with Gasteiger partial charge in [0.25, 0.3) is 0 Å². The van der Waals surface area contributed by atoms with Gasteiger partial charge in [-0.15, -0.1) is 0 Å². The van der Waals surface area contributed by atoms with Crippen LogP contribution in [0.2, 0.25) is 0 Å². The van der Waals surface area contributed by atoms with Crippen molar-refractivity contribution in [3.05, 3.63) is 59.7 Å². The largest absolute Gasteiger partial charge is 0.481 e. The first-order valence-corrected chi connectivity index (χ1v) is 11.9. The van der Waals surface area contributed by atoms with Crippen LogP contribution in [0.1, 0.15) is 50.7 Å². The number of nitrogens with one attached hydrogen (secondary N) is 2. The highest BCUT2D eigenvalue weighted by Crippen LogP contribution is 2.45. The number of carbonyl (C=O) groups is 3. The van der Waals surface area contributed by atoms with Gasteiger partial charge in [-0.05, 0) is 47.9 Å². The van der Waals surface area contributed by atoms with Crippen LogP contribution in [0.5, 0.6) is 0 Å². The predicted molar refractivity (Wildman–Crippen MR) is 128 cm³/mol. The lowest BCUT2D eigenvalue weighted by Gasteiger charge is -2.28. The average Bonchev–Trinajstić information content (AvgIpc) is 3.53. The summed E-state index contributed by atoms with van der Waals surface area (Å²) in [5, 5.41) is 14.9. The van der Waals surface area contributed by atoms with Crippen molar-refractivity contribution in [2.45, 2.75) is 45.6 Å². The predicted octanol–water partition coefficient (Wildman–Crippen LogP) is 4.17. The quantitative estimate of drug-likeness (QED) is 0.517. The second kappa shape index (κ2) is 9.49. The van der Waals surface area contributed by atoms with E-state index in [4.69, 9.17) is 4.74 Å². The SMILES string of the molecule is CC(C)C(C(=O)NCC1(C(=O)O)CC1)C(C)NC(=O)OCC1c2ccccc2-c2ccccc21. The molecule has 2 aromatic rings. The van der Waals surface area contributed by atoms with Gasteiger partial charge >= 0.3 is 12.1 Å². The van der Waals surface area contributed by atoms with Crippen molar-refractivity contribution >= 4 is 18.0 Å². The Morgan fingerprint density at radius 1 is 1.00 bits per heavy atom. The van der Waals surface area contributed by atoms with Crippen LogP contribution < -0.4 is 10.6 Å². The fraction of sp³-hybridized carbons (Fsp3) is 0.444. The van der Waals surface area contributed by atoms with Crippen molar-refractivity contribution in [3.8, 4) is 11.1 Å². The molecule has 1 saturated carbocycles. The molecule has 2 unspecified atom stereocenters. The van der Waals surface area contributed by atoms with E-state index in [2.05, 4.69) is 34.9 Å². The molecular weight excluding hydrogens is 432 g/mol. The van der Waals surface area contributed by atoms with Crippen LogP contribution in [0.15, 0.2) is 48.5 Å². The molecule has 3 N–H and O–H groups in total. The summed E-state index contributed by atoms with van der Waals surface area (Å²) >= 11 is 0. The zero-order valence-corrected chi connectivity index (χ0v) is 19.8. The molecule has 0 aromatic heterocycles. The summed E-state index contributed by atoms with van der Waals surface area (Å²) in [4.78, 5) is 36.9. The van der Waals surface area contributed by atoms with Crippen LogP contribution in [0, 0.1) is 17.3 Å². The molecule has 0 saturated heterocycles. The molecular formula is C27H32N2O5. The molecule has 2 aromatic carbocycles. The second-order valence-corrected chi connectivity index (χ2v) is 9.83. The Kier molecular flexibility index (Phi) is 6.64. The van der Waals surface area contributed by atoms with E-state index in [9.17, 15) is 19.5 Å². The summed E-state index contributed by atoms with van der Waals surface area (Å²) in [7, 11) is 0. The number of aliphatic carboxylic acids is 1. The van der Waals surface area contributed by atoms with Gasteiger partial charge < -0.3 is 20.5 Å². The Morgan fingerprint density at radius 2 is 1.56 bits per heavy atom. The molecule has 2 aliphatic carbocycles. The molecule has 0 spiro atoms. The number of benzene rings is 2. The van der Waals surface area contributed by atoms with Crippen molar-refractivity contribution in [2.75, 3.05) is 13.2 Å². The Labute approximate surface area is 199 Å². The third-order valence-electron chi connectivity index (χ3n) is 7.16. The highest BCUT2D eigenvalue weighted by Gasteiger charge is 2.50. The van der Waals surface area contributed by atoms with Crippen LogP contribution in [0.4, 0.5) is 4.79 Å². The zero-order chi connectivity index (χ0) is 24.5. The number of rotatable bonds is 9. The molecule has 1 fully saturated rings. The lowest BCUT2D eigenvalue weighted by Crippen LogP contribution is -2.49. The minimum absolute atomic E-state index is 0.0385. The summed E-state index contributed by atoms with van der Waals surface area (Å²) in [5.74, 6) is -1.73. The van der Waals surface area contributed by atoms with Crippen molar-refractivity contribution in [1.82, 2.24) is 10.6 Å². The van der Waals surface area contributed by atoms with Gasteiger partial charge in [-0.3, -0.25) is 9.59 Å². The maximum absolute atomic E-state index is 12.9. The molecule has 0 heterocycles. The van der Waals surface area contributed by atoms with Crippen molar-refractivity contribution in [1.29, 1.82) is 0 Å². The summed E-state index contributed by atoms with van der Waals surface area (Å²) in [6.45, 7) is 5.90. The lowest BCUT2D eigenvalue weighted by atomic mass is 9.88. The van der Waals surface area contributed by atoms with E-state index in [1.165, 1.54) is 0 Å². The molecule has 34 heavy (non-hydrogen) atoms. The number of hydrogen-bond donors (Lipinski definition) is 3. The van der Waals surface area contributed by atoms with Gasteiger partial charge in [-0.25, -0.2) is 4.79 Å². The monoisotopic (exact) mass is 464 g/mol. The zero-order valence-electron chi connectivity index (χ0n) is 19.8. The van der Waals surface area contributed by atoms with Gasteiger partial charge in [0.2, 0.25) is 5.91 Å². The van der Waals surface area contributed by atoms with Crippen LogP contribution in [-0.2, 0) is 14.3 Å². The number of ether oxygens (including phenoxy) is 1. The van der Waals surface area contributed by atoms with E-state index in [0.717, 1.165) is 22.3 Å². The molecule has 2 aliphatic rings. The summed E-state index contributed by atoms with van der Waals surface area (Å²) in [6, 6.07) is 15.8. The summed E-state index contributed by atoms with van der Waals surface area (Å²) in [5.41, 5.74) is 3.76. The molecule has 7 nitrogen and oxygen atoms in total. The minimum Gasteiger partial charge on any atom is -0.481 e. The van der Waals surface area contributed by atoms with Crippen LogP contribution in [-0.4, -0.2) is 42.3 Å². The van der Waals surface area contributed by atoms with Gasteiger partial charge in [0, 0.05) is 18.5 Å². The highest BCUT2D eigenvalue weighted by molar-refractivity contribution is 5.83. The highest BCUT2D eigenvalue weighted by atomic mass is 16.5. The van der Waals surface area contributed by atoms with Crippen LogP contribution >= 0.6 is 0 Å². The standard InChI is InChI=1S/C27H32N2O5/c1-16(2)23(24(30)28-15-27(12-13-27)25(31)32)17(3)29-26(33)34-14-22-20-10-6-4-8-18(20)19-9-5-7-11-21(19)22/h4-11,16-17,22-23H,12-15H2,1-3H3,(H,28,30)(H,29,33)(H,31,32). The van der Waals surface area contributed by atoms with Gasteiger partial charge in [0.05, 0.1) is 11.3 Å². The number of fused-ring (bicyclic) bond motifs is 3. The van der Waals surface area contributed by atoms with Crippen LogP contribution in [0.3, 0.4) is 0 Å². The van der Waals surface area contributed by atoms with Gasteiger partial charge in [-0.2, -0.15) is 0 Å². The number of carboxylic acid groups (broad SMARTS) is 1. The van der Waals surface area contributed by atoms with Gasteiger partial charge in [0.15, 0.2) is 0 Å². The third-order valence-corrected chi connectivity index (χ3v) is 7.16. The molecule has 0 aliphatic heterocycles. The first-order chi connectivity index (χ1) is 16.2. The number of carboxylic acids is 1. The smallest absolute Gasteiger partial charge is 0.407 e. The van der Waals surface area contributed by atoms with E-state index >= 15 is 0 Å². The molecule has 0 bridgehead atoms. The Hall–Kier alpha value is -3.35. The van der Waals surface area contributed by atoms with E-state index in [1.54, 1.807) is 6.92 Å². The van der Waals surface area contributed by atoms with E-state index in [-0.39, 0.29) is 30.9 Å². The molecule has 2 atom stereocenters. The molecule has 7 heteroatoms. The number of alkyl carbamates (subject to hydrolysis) is 1. The van der Waals surface area contributed by atoms with Gasteiger partial charge in [0.1, 0.15) is 6.61 Å². The Morgan fingerprint density at radius 3 is 2.06 bits per heavy atom. The lowest BCUT2D eigenvalue weighted by molar-refractivity contribution is -0.143. The number of carbonyl (C=O) groups excluding carboxylic acids is 2. The fourth-order valence-corrected chi connectivity index (χ4v) is 5.01. The molecule has 4 rings (SSSR count). The maximum Gasteiger partial charge on any atom is 0.407 e. The number of hydrogen-bond acceptors (Lipinski definition) is 4.